The van der Waals surface area contributed by atoms with Crippen LogP contribution in [0.3, 0.4) is 0 Å². The molecule has 1 aromatic carbocycles. The lowest BCUT2D eigenvalue weighted by molar-refractivity contribution is 0.184. The topological polar surface area (TPSA) is 78.9 Å². The molecule has 2 aromatic heterocycles. The Balaban J connectivity index is 1.65. The lowest BCUT2D eigenvalue weighted by Gasteiger charge is -2.03. The Morgan fingerprint density at radius 2 is 2.30 bits per heavy atom. The number of rotatable bonds is 7. The molecular weight excluding hydrogens is 382 g/mol. The van der Waals surface area contributed by atoms with E-state index in [4.69, 9.17) is 9.26 Å². The van der Waals surface area contributed by atoms with E-state index >= 15 is 0 Å². The van der Waals surface area contributed by atoms with Crippen molar-refractivity contribution >= 4 is 27.7 Å². The number of thioether (sulfide) groups is 1. The third kappa shape index (κ3) is 4.18. The van der Waals surface area contributed by atoms with Crippen LogP contribution in [0.1, 0.15) is 5.89 Å². The fourth-order valence-electron chi connectivity index (χ4n) is 1.88. The summed E-state index contributed by atoms with van der Waals surface area (Å²) in [5, 5.41) is 12.8. The first-order chi connectivity index (χ1) is 11.3. The molecular formula is C14H14BrN5O2S. The third-order valence-corrected chi connectivity index (χ3v) is 4.45. The van der Waals surface area contributed by atoms with E-state index in [9.17, 15) is 0 Å². The van der Waals surface area contributed by atoms with E-state index in [2.05, 4.69) is 36.3 Å². The van der Waals surface area contributed by atoms with Crippen molar-refractivity contribution in [3.63, 3.8) is 0 Å². The van der Waals surface area contributed by atoms with Crippen molar-refractivity contribution in [1.29, 1.82) is 0 Å². The van der Waals surface area contributed by atoms with Gasteiger partial charge in [0.25, 0.3) is 0 Å². The Morgan fingerprint density at radius 1 is 1.39 bits per heavy atom. The van der Waals surface area contributed by atoms with Gasteiger partial charge in [-0.15, -0.1) is 10.2 Å². The molecule has 9 heteroatoms. The highest BCUT2D eigenvalue weighted by molar-refractivity contribution is 9.10. The first-order valence-electron chi connectivity index (χ1n) is 6.84. The Kier molecular flexibility index (Phi) is 5.42. The molecule has 0 aliphatic heterocycles. The van der Waals surface area contributed by atoms with Gasteiger partial charge in [-0.3, -0.25) is 0 Å². The smallest absolute Gasteiger partial charge is 0.237 e. The Labute approximate surface area is 145 Å². The van der Waals surface area contributed by atoms with E-state index in [1.807, 2.05) is 28.8 Å². The van der Waals surface area contributed by atoms with Gasteiger partial charge in [0.15, 0.2) is 5.16 Å². The molecule has 0 amide bonds. The van der Waals surface area contributed by atoms with Crippen molar-refractivity contribution in [1.82, 2.24) is 24.9 Å². The summed E-state index contributed by atoms with van der Waals surface area (Å²) in [6, 6.07) is 7.77. The molecule has 3 aromatic rings. The first kappa shape index (κ1) is 16.2. The van der Waals surface area contributed by atoms with Crippen molar-refractivity contribution in [2.75, 3.05) is 13.7 Å². The highest BCUT2D eigenvalue weighted by Gasteiger charge is 2.11. The molecule has 2 heterocycles. The van der Waals surface area contributed by atoms with Crippen LogP contribution in [0.2, 0.25) is 0 Å². The van der Waals surface area contributed by atoms with Crippen LogP contribution in [0.15, 0.2) is 44.7 Å². The number of nitrogens with zero attached hydrogens (tertiary/aromatic N) is 5. The molecule has 0 radical (unpaired) electrons. The maximum Gasteiger partial charge on any atom is 0.237 e. The van der Waals surface area contributed by atoms with Crippen LogP contribution in [0.4, 0.5) is 0 Å². The van der Waals surface area contributed by atoms with E-state index in [1.165, 1.54) is 11.8 Å². The van der Waals surface area contributed by atoms with Crippen molar-refractivity contribution in [3.05, 3.63) is 41.0 Å². The van der Waals surface area contributed by atoms with Gasteiger partial charge in [-0.1, -0.05) is 45.0 Å². The molecule has 0 spiro atoms. The molecule has 0 N–H and O–H groups in total. The second-order valence-electron chi connectivity index (χ2n) is 4.61. The molecule has 0 bridgehead atoms. The standard InChI is InChI=1S/C14H14BrN5O2S/c1-21-6-5-20-9-16-18-14(20)23-8-12-17-13(19-22-12)10-3-2-4-11(15)7-10/h2-4,7,9H,5-6,8H2,1H3. The van der Waals surface area contributed by atoms with Gasteiger partial charge in [0.2, 0.25) is 11.7 Å². The molecule has 3 rings (SSSR count). The third-order valence-electron chi connectivity index (χ3n) is 2.99. The summed E-state index contributed by atoms with van der Waals surface area (Å²) in [5.41, 5.74) is 0.905. The largest absolute Gasteiger partial charge is 0.383 e. The number of hydrogen-bond acceptors (Lipinski definition) is 7. The minimum absolute atomic E-state index is 0.534. The van der Waals surface area contributed by atoms with Crippen LogP contribution in [0.25, 0.3) is 11.4 Å². The Bertz CT molecular complexity index is 776. The zero-order valence-corrected chi connectivity index (χ0v) is 14.7. The van der Waals surface area contributed by atoms with Gasteiger partial charge in [-0.2, -0.15) is 4.98 Å². The van der Waals surface area contributed by atoms with Gasteiger partial charge in [0.1, 0.15) is 6.33 Å². The lowest BCUT2D eigenvalue weighted by Crippen LogP contribution is -2.04. The number of hydrogen-bond donors (Lipinski definition) is 0. The molecule has 23 heavy (non-hydrogen) atoms. The fraction of sp³-hybridized carbons (Fsp3) is 0.286. The molecule has 0 aliphatic carbocycles. The molecule has 0 unspecified atom stereocenters. The highest BCUT2D eigenvalue weighted by atomic mass is 79.9. The second-order valence-corrected chi connectivity index (χ2v) is 6.47. The zero-order chi connectivity index (χ0) is 16.1. The summed E-state index contributed by atoms with van der Waals surface area (Å²) < 4.78 is 13.3. The number of aromatic nitrogens is 5. The zero-order valence-electron chi connectivity index (χ0n) is 12.3. The van der Waals surface area contributed by atoms with Crippen LogP contribution in [0, 0.1) is 0 Å². The SMILES string of the molecule is COCCn1cnnc1SCc1nc(-c2cccc(Br)c2)no1. The van der Waals surface area contributed by atoms with E-state index in [0.29, 0.717) is 30.6 Å². The molecule has 0 saturated heterocycles. The number of ether oxygens (including phenoxy) is 1. The quantitative estimate of drug-likeness (QED) is 0.568. The van der Waals surface area contributed by atoms with Crippen LogP contribution in [-0.4, -0.2) is 38.6 Å². The van der Waals surface area contributed by atoms with Crippen LogP contribution in [0.5, 0.6) is 0 Å². The van der Waals surface area contributed by atoms with Gasteiger partial charge < -0.3 is 13.8 Å². The molecule has 7 nitrogen and oxygen atoms in total. The van der Waals surface area contributed by atoms with Crippen LogP contribution in [-0.2, 0) is 17.0 Å². The van der Waals surface area contributed by atoms with Crippen LogP contribution < -0.4 is 0 Å². The van der Waals surface area contributed by atoms with Crippen molar-refractivity contribution in [2.45, 2.75) is 17.5 Å². The second kappa shape index (κ2) is 7.71. The number of benzene rings is 1. The van der Waals surface area contributed by atoms with E-state index < -0.39 is 0 Å². The summed E-state index contributed by atoms with van der Waals surface area (Å²) in [6.45, 7) is 1.32. The predicted octanol–water partition coefficient (Wildman–Crippen LogP) is 3.03. The summed E-state index contributed by atoms with van der Waals surface area (Å²) in [7, 11) is 1.67. The molecule has 0 fully saturated rings. The molecule has 0 saturated carbocycles. The predicted molar refractivity (Wildman–Crippen MR) is 88.9 cm³/mol. The van der Waals surface area contributed by atoms with E-state index in [1.54, 1.807) is 13.4 Å². The van der Waals surface area contributed by atoms with Crippen LogP contribution >= 0.6 is 27.7 Å². The van der Waals surface area contributed by atoms with Crippen molar-refractivity contribution in [3.8, 4) is 11.4 Å². The molecule has 120 valence electrons. The summed E-state index contributed by atoms with van der Waals surface area (Å²) in [6.07, 6.45) is 1.68. The Hall–Kier alpha value is -1.71. The minimum Gasteiger partial charge on any atom is -0.383 e. The number of methoxy groups -OCH3 is 1. The van der Waals surface area contributed by atoms with Gasteiger partial charge in [-0.05, 0) is 12.1 Å². The summed E-state index contributed by atoms with van der Waals surface area (Å²) >= 11 is 4.93. The van der Waals surface area contributed by atoms with Crippen molar-refractivity contribution < 1.29 is 9.26 Å². The number of halogens is 1. The normalized spacial score (nSPS) is 11.0. The van der Waals surface area contributed by atoms with Gasteiger partial charge >= 0.3 is 0 Å². The fourth-order valence-corrected chi connectivity index (χ4v) is 3.06. The van der Waals surface area contributed by atoms with E-state index in [0.717, 1.165) is 15.2 Å². The summed E-state index contributed by atoms with van der Waals surface area (Å²) in [5.74, 6) is 1.65. The van der Waals surface area contributed by atoms with E-state index in [-0.39, 0.29) is 0 Å². The van der Waals surface area contributed by atoms with Crippen molar-refractivity contribution in [2.24, 2.45) is 0 Å². The van der Waals surface area contributed by atoms with Gasteiger partial charge in [0.05, 0.1) is 12.4 Å². The Morgan fingerprint density at radius 3 is 3.13 bits per heavy atom. The monoisotopic (exact) mass is 395 g/mol. The minimum atomic E-state index is 0.534. The first-order valence-corrected chi connectivity index (χ1v) is 8.62. The molecule has 0 aliphatic rings. The average molecular weight is 396 g/mol. The average Bonchev–Trinajstić information content (AvgIpc) is 3.20. The summed E-state index contributed by atoms with van der Waals surface area (Å²) in [4.78, 5) is 4.41. The maximum atomic E-state index is 5.30. The van der Waals surface area contributed by atoms with Gasteiger partial charge in [0, 0.05) is 23.7 Å². The molecule has 0 atom stereocenters. The highest BCUT2D eigenvalue weighted by Crippen LogP contribution is 2.23. The maximum absolute atomic E-state index is 5.30. The lowest BCUT2D eigenvalue weighted by atomic mass is 10.2. The van der Waals surface area contributed by atoms with Gasteiger partial charge in [-0.25, -0.2) is 0 Å².